The molecule has 0 aliphatic carbocycles. The molecule has 5 nitrogen and oxygen atoms in total. The van der Waals surface area contributed by atoms with Crippen molar-refractivity contribution in [2.24, 2.45) is 7.05 Å². The predicted octanol–water partition coefficient (Wildman–Crippen LogP) is 4.21. The molecule has 1 N–H and O–H groups in total. The molecule has 0 fully saturated rings. The number of nitrogens with one attached hydrogen (secondary N) is 1. The van der Waals surface area contributed by atoms with Crippen LogP contribution in [-0.2, 0) is 17.6 Å². The van der Waals surface area contributed by atoms with Crippen LogP contribution >= 0.6 is 11.8 Å². The van der Waals surface area contributed by atoms with E-state index in [1.807, 2.05) is 0 Å². The van der Waals surface area contributed by atoms with Crippen molar-refractivity contribution in [2.45, 2.75) is 23.2 Å². The number of aromatic nitrogens is 2. The number of anilines is 1. The molecule has 4 rings (SSSR count). The van der Waals surface area contributed by atoms with E-state index in [1.54, 1.807) is 23.7 Å². The van der Waals surface area contributed by atoms with Crippen LogP contribution in [0.4, 0.5) is 19.0 Å². The fourth-order valence-corrected chi connectivity index (χ4v) is 4.37. The monoisotopic (exact) mass is 433 g/mol. The van der Waals surface area contributed by atoms with E-state index in [0.717, 1.165) is 23.8 Å². The minimum atomic E-state index is -0.804. The van der Waals surface area contributed by atoms with E-state index in [-0.39, 0.29) is 36.5 Å². The Labute approximate surface area is 175 Å². The van der Waals surface area contributed by atoms with Crippen molar-refractivity contribution in [3.63, 3.8) is 0 Å². The summed E-state index contributed by atoms with van der Waals surface area (Å²) < 4.78 is 42.1. The molecule has 0 spiro atoms. The van der Waals surface area contributed by atoms with Gasteiger partial charge in [-0.2, -0.15) is 4.98 Å². The van der Waals surface area contributed by atoms with Gasteiger partial charge >= 0.3 is 0 Å². The van der Waals surface area contributed by atoms with Gasteiger partial charge in [-0.05, 0) is 35.4 Å². The number of rotatable bonds is 4. The first-order valence-corrected chi connectivity index (χ1v) is 10.0. The molecule has 0 unspecified atom stereocenters. The Morgan fingerprint density at radius 2 is 1.77 bits per heavy atom. The summed E-state index contributed by atoms with van der Waals surface area (Å²) in [6.45, 7) is 0. The Bertz CT molecular complexity index is 1180. The highest BCUT2D eigenvalue weighted by molar-refractivity contribution is 7.98. The Kier molecular flexibility index (Phi) is 5.38. The smallest absolute Gasteiger partial charge is 0.279 e. The number of hydrogen-bond donors (Lipinski definition) is 1. The van der Waals surface area contributed by atoms with Crippen LogP contribution in [0, 0.1) is 17.5 Å². The van der Waals surface area contributed by atoms with E-state index >= 15 is 0 Å². The fraction of sp³-hybridized carbons (Fsp3) is 0.190. The maximum atomic E-state index is 13.7. The summed E-state index contributed by atoms with van der Waals surface area (Å²) in [7, 11) is 1.65. The third kappa shape index (κ3) is 3.97. The number of nitrogens with zero attached hydrogens (tertiary/aromatic N) is 2. The number of halogens is 3. The van der Waals surface area contributed by atoms with Gasteiger partial charge in [0.1, 0.15) is 23.3 Å². The summed E-state index contributed by atoms with van der Waals surface area (Å²) in [6.07, 6.45) is -0.116. The molecule has 1 aliphatic rings. The Morgan fingerprint density at radius 1 is 1.10 bits per heavy atom. The molecule has 2 heterocycles. The molecule has 3 aromatic rings. The van der Waals surface area contributed by atoms with Gasteiger partial charge < -0.3 is 9.88 Å². The molecule has 0 bridgehead atoms. The van der Waals surface area contributed by atoms with E-state index in [9.17, 15) is 22.8 Å². The van der Waals surface area contributed by atoms with Crippen molar-refractivity contribution in [3.8, 4) is 0 Å². The van der Waals surface area contributed by atoms with Crippen LogP contribution in [0.25, 0.3) is 0 Å². The lowest BCUT2D eigenvalue weighted by Gasteiger charge is -2.27. The maximum absolute atomic E-state index is 13.7. The number of carbonyl (C=O) groups excluding carboxylic acids is 1. The summed E-state index contributed by atoms with van der Waals surface area (Å²) in [6, 6.07) is 8.93. The number of fused-ring (bicyclic) bond motifs is 1. The Hall–Kier alpha value is -3.07. The van der Waals surface area contributed by atoms with E-state index in [2.05, 4.69) is 10.3 Å². The van der Waals surface area contributed by atoms with Crippen LogP contribution in [0.5, 0.6) is 0 Å². The molecular weight excluding hydrogens is 415 g/mol. The van der Waals surface area contributed by atoms with Crippen LogP contribution < -0.4 is 10.9 Å². The van der Waals surface area contributed by atoms with Crippen LogP contribution in [0.2, 0.25) is 0 Å². The molecule has 0 saturated carbocycles. The maximum Gasteiger partial charge on any atom is 0.279 e. The third-order valence-electron chi connectivity index (χ3n) is 4.87. The van der Waals surface area contributed by atoms with Gasteiger partial charge in [0, 0.05) is 32.6 Å². The number of carbonyl (C=O) groups is 1. The van der Waals surface area contributed by atoms with Crippen molar-refractivity contribution in [1.29, 1.82) is 0 Å². The van der Waals surface area contributed by atoms with E-state index in [1.165, 1.54) is 23.9 Å². The molecule has 30 heavy (non-hydrogen) atoms. The van der Waals surface area contributed by atoms with Gasteiger partial charge in [-0.3, -0.25) is 9.59 Å². The average molecular weight is 433 g/mol. The largest absolute Gasteiger partial charge is 0.312 e. The van der Waals surface area contributed by atoms with Gasteiger partial charge in [0.15, 0.2) is 5.16 Å². The highest BCUT2D eigenvalue weighted by Gasteiger charge is 2.32. The summed E-state index contributed by atoms with van der Waals surface area (Å²) in [5, 5.41) is 3.03. The van der Waals surface area contributed by atoms with Crippen LogP contribution in [-0.4, -0.2) is 15.5 Å². The molecule has 1 aliphatic heterocycles. The second kappa shape index (κ2) is 7.98. The minimum Gasteiger partial charge on any atom is -0.312 e. The van der Waals surface area contributed by atoms with Gasteiger partial charge in [0.05, 0.1) is 5.56 Å². The molecule has 9 heteroatoms. The zero-order chi connectivity index (χ0) is 21.4. The minimum absolute atomic E-state index is 0. The van der Waals surface area contributed by atoms with Gasteiger partial charge in [-0.15, -0.1) is 0 Å². The highest BCUT2D eigenvalue weighted by atomic mass is 32.2. The Balaban J connectivity index is 0.00000272. The van der Waals surface area contributed by atoms with Crippen molar-refractivity contribution >= 4 is 23.5 Å². The molecule has 1 aromatic heterocycles. The standard InChI is InChI=1S/C21H16F3N3O2S.H2/c1-27-19-18(16(9-17(28)25-19)12-6-14(23)8-15(24)7-12)20(29)26-21(27)30-10-11-2-4-13(22)5-3-11;/h2-8,16H,9-10H2,1H3,(H,25,28);1H/t16-;/m0./s1. The lowest BCUT2D eigenvalue weighted by molar-refractivity contribution is -0.116. The molecule has 1 atom stereocenters. The quantitative estimate of drug-likeness (QED) is 0.495. The number of thioether (sulfide) groups is 1. The normalized spacial score (nSPS) is 15.6. The molecule has 0 radical (unpaired) electrons. The lowest BCUT2D eigenvalue weighted by Crippen LogP contribution is -2.33. The van der Waals surface area contributed by atoms with Crippen LogP contribution in [0.15, 0.2) is 52.4 Å². The summed E-state index contributed by atoms with van der Waals surface area (Å²) in [5.74, 6) is -2.39. The van der Waals surface area contributed by atoms with E-state index in [0.29, 0.717) is 10.9 Å². The topological polar surface area (TPSA) is 64.0 Å². The molecule has 2 aromatic carbocycles. The van der Waals surface area contributed by atoms with Crippen molar-refractivity contribution in [3.05, 3.63) is 87.0 Å². The van der Waals surface area contributed by atoms with Gasteiger partial charge in [-0.1, -0.05) is 23.9 Å². The molecule has 1 amide bonds. The van der Waals surface area contributed by atoms with Crippen molar-refractivity contribution in [1.82, 2.24) is 9.55 Å². The number of benzene rings is 2. The summed E-state index contributed by atoms with van der Waals surface area (Å²) in [4.78, 5) is 29.2. The SMILES string of the molecule is Cn1c(SCc2ccc(F)cc2)nc(=O)c2c1NC(=O)C[C@H]2c1cc(F)cc(F)c1.[HH]. The molecule has 0 saturated heterocycles. The lowest BCUT2D eigenvalue weighted by atomic mass is 9.86. The molecule has 156 valence electrons. The first kappa shape index (κ1) is 20.2. The van der Waals surface area contributed by atoms with E-state index in [4.69, 9.17) is 0 Å². The van der Waals surface area contributed by atoms with Gasteiger partial charge in [0.2, 0.25) is 5.91 Å². The average Bonchev–Trinajstić information content (AvgIpc) is 2.69. The third-order valence-corrected chi connectivity index (χ3v) is 5.97. The van der Waals surface area contributed by atoms with Crippen LogP contribution in [0.1, 0.15) is 30.5 Å². The predicted molar refractivity (Wildman–Crippen MR) is 109 cm³/mol. The van der Waals surface area contributed by atoms with E-state index < -0.39 is 23.1 Å². The Morgan fingerprint density at radius 3 is 2.43 bits per heavy atom. The molecular formula is C21H18F3N3O2S. The highest BCUT2D eigenvalue weighted by Crippen LogP contribution is 2.36. The zero-order valence-electron chi connectivity index (χ0n) is 15.8. The first-order valence-electron chi connectivity index (χ1n) is 9.06. The van der Waals surface area contributed by atoms with Gasteiger partial charge in [0.25, 0.3) is 5.56 Å². The summed E-state index contributed by atoms with van der Waals surface area (Å²) in [5.41, 5.74) is 0.660. The number of hydrogen-bond acceptors (Lipinski definition) is 4. The second-order valence-corrected chi connectivity index (χ2v) is 7.89. The zero-order valence-corrected chi connectivity index (χ0v) is 16.6. The van der Waals surface area contributed by atoms with Crippen LogP contribution in [0.3, 0.4) is 0 Å². The van der Waals surface area contributed by atoms with Gasteiger partial charge in [-0.25, -0.2) is 13.2 Å². The van der Waals surface area contributed by atoms with Crippen molar-refractivity contribution in [2.75, 3.05) is 5.32 Å². The number of amides is 1. The fourth-order valence-electron chi connectivity index (χ4n) is 3.45. The first-order chi connectivity index (χ1) is 14.3. The summed E-state index contributed by atoms with van der Waals surface area (Å²) >= 11 is 1.25. The van der Waals surface area contributed by atoms with Crippen molar-refractivity contribution < 1.29 is 19.4 Å². The second-order valence-electron chi connectivity index (χ2n) is 6.94.